The lowest BCUT2D eigenvalue weighted by Gasteiger charge is -2.35. The molecule has 0 aromatic rings. The van der Waals surface area contributed by atoms with Gasteiger partial charge in [-0.15, -0.1) is 0 Å². The van der Waals surface area contributed by atoms with E-state index in [-0.39, 0.29) is 42.6 Å². The van der Waals surface area contributed by atoms with Crippen molar-refractivity contribution in [1.82, 2.24) is 25.8 Å². The number of ketones is 1. The van der Waals surface area contributed by atoms with Crippen LogP contribution in [0.15, 0.2) is 0 Å². The second-order valence-electron chi connectivity index (χ2n) is 13.4. The minimum Gasteiger partial charge on any atom is -0.372 e. The number of nitrogens with two attached hydrogens (primary N) is 1. The van der Waals surface area contributed by atoms with Gasteiger partial charge in [0.2, 0.25) is 24.6 Å². The number of likely N-dealkylation sites (N-methyl/N-ethyl adjacent to an activating group) is 1. The molecule has 3 atom stereocenters. The van der Waals surface area contributed by atoms with E-state index in [1.807, 2.05) is 46.4 Å². The van der Waals surface area contributed by atoms with Crippen molar-refractivity contribution in [2.75, 3.05) is 20.1 Å². The maximum Gasteiger partial charge on any atom is 0.315 e. The van der Waals surface area contributed by atoms with E-state index in [2.05, 4.69) is 49.4 Å². The predicted molar refractivity (Wildman–Crippen MR) is 195 cm³/mol. The van der Waals surface area contributed by atoms with Crippen LogP contribution in [0, 0.1) is 11.3 Å². The van der Waals surface area contributed by atoms with Crippen molar-refractivity contribution in [3.05, 3.63) is 0 Å². The predicted octanol–water partition coefficient (Wildman–Crippen LogP) is 5.17. The maximum atomic E-state index is 12.9. The van der Waals surface area contributed by atoms with Crippen LogP contribution in [-0.4, -0.2) is 90.6 Å². The van der Waals surface area contributed by atoms with E-state index < -0.39 is 17.5 Å². The van der Waals surface area contributed by atoms with Crippen LogP contribution in [0.1, 0.15) is 140 Å². The summed E-state index contributed by atoms with van der Waals surface area (Å²) in [6.07, 6.45) is 11.9. The minimum absolute atomic E-state index is 0.0472. The fraction of sp³-hybridized carbons (Fsp3) is 0.833. The van der Waals surface area contributed by atoms with Crippen LogP contribution in [0.2, 0.25) is 0 Å². The molecule has 2 saturated carbocycles. The molecule has 3 rings (SSSR count). The topological polar surface area (TPSA) is 171 Å². The number of Topliss-reactive ketones (excluding diaryl/α,β-unsaturated/α-hetero) is 1. The zero-order valence-electron chi connectivity index (χ0n) is 32.4. The fourth-order valence-corrected chi connectivity index (χ4v) is 4.50. The Hall–Kier alpha value is -3.18. The van der Waals surface area contributed by atoms with Crippen molar-refractivity contribution in [3.8, 4) is 0 Å². The molecule has 1 heterocycles. The summed E-state index contributed by atoms with van der Waals surface area (Å²) in [6.45, 7) is 22.5. The van der Waals surface area contributed by atoms with Gasteiger partial charge in [0.05, 0.1) is 12.6 Å². The average Bonchev–Trinajstić information content (AvgIpc) is 3.97. The summed E-state index contributed by atoms with van der Waals surface area (Å²) >= 11 is 0. The first-order valence-corrected chi connectivity index (χ1v) is 18.1. The number of hydrogen-bond donors (Lipinski definition) is 4. The number of carbonyl (C=O) groups is 6. The van der Waals surface area contributed by atoms with Crippen molar-refractivity contribution >= 4 is 36.4 Å². The Morgan fingerprint density at radius 2 is 1.46 bits per heavy atom. The number of likely N-dealkylation sites (tertiary alicyclic amines) is 1. The molecule has 1 aliphatic heterocycles. The van der Waals surface area contributed by atoms with E-state index in [1.54, 1.807) is 11.9 Å². The molecule has 2 aliphatic carbocycles. The molecule has 12 nitrogen and oxygen atoms in total. The number of amides is 6. The summed E-state index contributed by atoms with van der Waals surface area (Å²) in [5, 5.41) is 7.91. The van der Waals surface area contributed by atoms with Gasteiger partial charge in [0.25, 0.3) is 0 Å². The van der Waals surface area contributed by atoms with Gasteiger partial charge in [-0.3, -0.25) is 24.0 Å². The summed E-state index contributed by atoms with van der Waals surface area (Å²) in [4.78, 5) is 70.3. The first-order valence-electron chi connectivity index (χ1n) is 18.1. The lowest BCUT2D eigenvalue weighted by molar-refractivity contribution is -0.136. The maximum absolute atomic E-state index is 12.9. The van der Waals surface area contributed by atoms with E-state index in [4.69, 9.17) is 4.79 Å². The van der Waals surface area contributed by atoms with Gasteiger partial charge in [0.15, 0.2) is 5.78 Å². The van der Waals surface area contributed by atoms with Crippen molar-refractivity contribution in [2.45, 2.75) is 165 Å². The quantitative estimate of drug-likeness (QED) is 0.219. The monoisotopic (exact) mass is 685 g/mol. The molecule has 3 aliphatic rings. The normalized spacial score (nSPS) is 17.0. The molecule has 1 saturated heterocycles. The van der Waals surface area contributed by atoms with Crippen molar-refractivity contribution in [2.24, 2.45) is 17.1 Å². The Morgan fingerprint density at radius 3 is 1.81 bits per heavy atom. The van der Waals surface area contributed by atoms with Crippen LogP contribution in [0.5, 0.6) is 0 Å². The highest BCUT2D eigenvalue weighted by Gasteiger charge is 2.38. The van der Waals surface area contributed by atoms with Gasteiger partial charge in [-0.2, -0.15) is 0 Å². The summed E-state index contributed by atoms with van der Waals surface area (Å²) < 4.78 is 0. The molecule has 3 unspecified atom stereocenters. The first kappa shape index (κ1) is 49.2. The number of rotatable bonds is 11. The minimum atomic E-state index is -0.621. The van der Waals surface area contributed by atoms with Gasteiger partial charge in [0.1, 0.15) is 6.04 Å². The van der Waals surface area contributed by atoms with Gasteiger partial charge < -0.3 is 31.5 Å². The molecule has 48 heavy (non-hydrogen) atoms. The SMILES string of the molecule is CC.CC(=O)C(CCC1CC1)NC=O.CC1CCCN1C(=O)C(NC(=O)NCC(=O)N(C)C1CC1)C(C)(C)C.CCC.CCC.NC=O. The summed E-state index contributed by atoms with van der Waals surface area (Å²) in [7, 11) is 1.76. The summed E-state index contributed by atoms with van der Waals surface area (Å²) in [6, 6.07) is -0.820. The van der Waals surface area contributed by atoms with Gasteiger partial charge in [-0.05, 0) is 63.7 Å². The highest BCUT2D eigenvalue weighted by molar-refractivity contribution is 5.90. The van der Waals surface area contributed by atoms with Gasteiger partial charge >= 0.3 is 6.03 Å². The van der Waals surface area contributed by atoms with Crippen LogP contribution in [0.25, 0.3) is 0 Å². The standard InChI is InChI=1S/C18H32N4O3.C9H15NO2.2C3H8.C2H6.CH3NO/c1-12-7-6-10-22(12)16(24)15(18(2,3)4)20-17(25)19-11-14(23)21(5)13-8-9-13;1-7(12)9(10-6-11)5-4-8-2-3-8;2*1-3-2;1-2;2-1-3/h12-13,15H,6-11H2,1-5H3,(H2,19,20,25);6,8-9H,2-5H2,1H3,(H,10,11);2*3H2,1-2H3;1-2H3;1H,(H2,2,3). The Kier molecular flexibility index (Phi) is 29.5. The molecule has 0 aromatic heterocycles. The Labute approximate surface area is 292 Å². The average molecular weight is 685 g/mol. The number of carbonyl (C=O) groups excluding carboxylic acids is 6. The summed E-state index contributed by atoms with van der Waals surface area (Å²) in [5.74, 6) is 0.724. The highest BCUT2D eigenvalue weighted by atomic mass is 16.2. The molecule has 0 spiro atoms. The van der Waals surface area contributed by atoms with Crippen LogP contribution in [-0.2, 0) is 24.0 Å². The highest BCUT2D eigenvalue weighted by Crippen LogP contribution is 2.33. The van der Waals surface area contributed by atoms with Gasteiger partial charge in [-0.1, -0.05) is 88.0 Å². The lowest BCUT2D eigenvalue weighted by Crippen LogP contribution is -2.57. The Bertz CT molecular complexity index is 900. The molecule has 5 N–H and O–H groups in total. The largest absolute Gasteiger partial charge is 0.372 e. The lowest BCUT2D eigenvalue weighted by atomic mass is 9.85. The second kappa shape index (κ2) is 28.8. The van der Waals surface area contributed by atoms with Gasteiger partial charge in [0, 0.05) is 25.7 Å². The van der Waals surface area contributed by atoms with E-state index in [1.165, 1.54) is 32.6 Å². The molecule has 0 radical (unpaired) electrons. The number of hydrogen-bond acceptors (Lipinski definition) is 6. The van der Waals surface area contributed by atoms with Crippen LogP contribution >= 0.6 is 0 Å². The molecule has 3 fully saturated rings. The van der Waals surface area contributed by atoms with Crippen LogP contribution in [0.4, 0.5) is 4.79 Å². The second-order valence-corrected chi connectivity index (χ2v) is 13.4. The molecule has 6 amide bonds. The van der Waals surface area contributed by atoms with E-state index in [0.29, 0.717) is 12.5 Å². The van der Waals surface area contributed by atoms with Crippen molar-refractivity contribution in [1.29, 1.82) is 0 Å². The van der Waals surface area contributed by atoms with Crippen LogP contribution in [0.3, 0.4) is 0 Å². The first-order chi connectivity index (χ1) is 22.6. The van der Waals surface area contributed by atoms with E-state index in [0.717, 1.165) is 51.0 Å². The zero-order chi connectivity index (χ0) is 37.9. The van der Waals surface area contributed by atoms with Crippen molar-refractivity contribution in [3.63, 3.8) is 0 Å². The van der Waals surface area contributed by atoms with Crippen LogP contribution < -0.4 is 21.7 Å². The van der Waals surface area contributed by atoms with E-state index in [9.17, 15) is 24.0 Å². The van der Waals surface area contributed by atoms with Crippen molar-refractivity contribution < 1.29 is 28.8 Å². The zero-order valence-corrected chi connectivity index (χ0v) is 32.4. The molecule has 12 heteroatoms. The number of nitrogens with zero attached hydrogens (tertiary/aromatic N) is 2. The number of primary amides is 1. The third-order valence-corrected chi connectivity index (χ3v) is 7.43. The molecular formula is C36H72N6O6. The smallest absolute Gasteiger partial charge is 0.315 e. The third-order valence-electron chi connectivity index (χ3n) is 7.43. The molecular weight excluding hydrogens is 612 g/mol. The Balaban J connectivity index is -0.000000728. The molecule has 0 aromatic carbocycles. The third kappa shape index (κ3) is 24.0. The number of nitrogens with one attached hydrogen (secondary N) is 3. The van der Waals surface area contributed by atoms with E-state index >= 15 is 0 Å². The molecule has 0 bridgehead atoms. The summed E-state index contributed by atoms with van der Waals surface area (Å²) in [5.41, 5.74) is 3.76. The van der Waals surface area contributed by atoms with Gasteiger partial charge in [-0.25, -0.2) is 4.79 Å². The fourth-order valence-electron chi connectivity index (χ4n) is 4.50. The number of urea groups is 1. The molecule has 282 valence electrons. The Morgan fingerprint density at radius 1 is 0.958 bits per heavy atom.